The van der Waals surface area contributed by atoms with Crippen LogP contribution in [0.15, 0.2) is 0 Å². The molecule has 7 nitrogen and oxygen atoms in total. The van der Waals surface area contributed by atoms with E-state index < -0.39 is 0 Å². The highest BCUT2D eigenvalue weighted by Gasteiger charge is 2.51. The van der Waals surface area contributed by atoms with Crippen LogP contribution in [0.5, 0.6) is 0 Å². The fourth-order valence-corrected chi connectivity index (χ4v) is 8.04. The molecule has 0 unspecified atom stereocenters. The number of carbonyl (C=O) groups is 2. The van der Waals surface area contributed by atoms with E-state index in [0.717, 1.165) is 76.2 Å². The van der Waals surface area contributed by atoms with E-state index in [1.54, 1.807) is 0 Å². The van der Waals surface area contributed by atoms with E-state index in [0.29, 0.717) is 19.5 Å². The number of hydrogen-bond acceptors (Lipinski definition) is 4. The number of rotatable bonds is 7. The van der Waals surface area contributed by atoms with Gasteiger partial charge < -0.3 is 20.7 Å². The van der Waals surface area contributed by atoms with Crippen LogP contribution in [0.4, 0.5) is 4.79 Å². The number of ether oxygens (including phenoxy) is 1. The van der Waals surface area contributed by atoms with E-state index in [9.17, 15) is 9.59 Å². The van der Waals surface area contributed by atoms with Crippen LogP contribution in [0, 0.1) is 17.8 Å². The molecule has 3 amide bonds. The van der Waals surface area contributed by atoms with Gasteiger partial charge in [0, 0.05) is 43.7 Å². The third-order valence-corrected chi connectivity index (χ3v) is 9.14. The first-order valence-electron chi connectivity index (χ1n) is 13.2. The summed E-state index contributed by atoms with van der Waals surface area (Å²) < 4.78 is 5.55. The number of nitrogens with zero attached hydrogens (tertiary/aromatic N) is 1. The maximum atomic E-state index is 12.6. The zero-order valence-electron chi connectivity index (χ0n) is 19.6. The largest absolute Gasteiger partial charge is 0.379 e. The van der Waals surface area contributed by atoms with Crippen molar-refractivity contribution in [2.45, 2.75) is 88.1 Å². The molecule has 0 radical (unpaired) electrons. The molecule has 7 heteroatoms. The zero-order valence-corrected chi connectivity index (χ0v) is 19.6. The lowest BCUT2D eigenvalue weighted by atomic mass is 9.53. The minimum atomic E-state index is -0.0863. The van der Waals surface area contributed by atoms with Crippen LogP contribution in [0.25, 0.3) is 0 Å². The van der Waals surface area contributed by atoms with Gasteiger partial charge in [0.1, 0.15) is 0 Å². The highest BCUT2D eigenvalue weighted by molar-refractivity contribution is 5.78. The lowest BCUT2D eigenvalue weighted by Gasteiger charge is -2.56. The van der Waals surface area contributed by atoms with Crippen molar-refractivity contribution in [3.05, 3.63) is 0 Å². The van der Waals surface area contributed by atoms with Crippen molar-refractivity contribution in [3.63, 3.8) is 0 Å². The number of carbonyl (C=O) groups excluding carboxylic acids is 2. The third kappa shape index (κ3) is 4.93. The fraction of sp³-hybridized carbons (Fsp3) is 0.920. The first kappa shape index (κ1) is 22.5. The molecule has 6 aliphatic rings. The van der Waals surface area contributed by atoms with Gasteiger partial charge in [0.2, 0.25) is 5.91 Å². The van der Waals surface area contributed by atoms with Gasteiger partial charge in [-0.25, -0.2) is 4.79 Å². The van der Waals surface area contributed by atoms with Crippen LogP contribution >= 0.6 is 0 Å². The van der Waals surface area contributed by atoms with E-state index >= 15 is 0 Å². The van der Waals surface area contributed by atoms with Gasteiger partial charge in [-0.3, -0.25) is 9.69 Å². The molecule has 1 saturated heterocycles. The maximum absolute atomic E-state index is 12.6. The Morgan fingerprint density at radius 2 is 1.50 bits per heavy atom. The molecule has 32 heavy (non-hydrogen) atoms. The first-order chi connectivity index (χ1) is 15.5. The van der Waals surface area contributed by atoms with Crippen LogP contribution in [-0.2, 0) is 9.53 Å². The highest BCUT2D eigenvalue weighted by atomic mass is 16.5. The van der Waals surface area contributed by atoms with E-state index in [2.05, 4.69) is 20.9 Å². The predicted molar refractivity (Wildman–Crippen MR) is 123 cm³/mol. The molecule has 0 spiro atoms. The molecule has 1 heterocycles. The topological polar surface area (TPSA) is 82.7 Å². The van der Waals surface area contributed by atoms with Crippen molar-refractivity contribution in [1.82, 2.24) is 20.9 Å². The molecule has 3 N–H and O–H groups in total. The summed E-state index contributed by atoms with van der Waals surface area (Å²) in [6, 6.07) is -0.0863. The number of urea groups is 1. The number of amides is 3. The molecular formula is C25H42N4O3. The van der Waals surface area contributed by atoms with Crippen molar-refractivity contribution in [3.8, 4) is 0 Å². The Bertz CT molecular complexity index is 649. The van der Waals surface area contributed by atoms with Gasteiger partial charge in [-0.15, -0.1) is 0 Å². The number of morpholine rings is 1. The molecule has 5 aliphatic carbocycles. The van der Waals surface area contributed by atoms with Gasteiger partial charge in [-0.2, -0.15) is 0 Å². The summed E-state index contributed by atoms with van der Waals surface area (Å²) >= 11 is 0. The molecule has 180 valence electrons. The van der Waals surface area contributed by atoms with Crippen molar-refractivity contribution < 1.29 is 14.3 Å². The first-order valence-corrected chi connectivity index (χ1v) is 13.2. The summed E-state index contributed by atoms with van der Waals surface area (Å²) in [7, 11) is 0. The summed E-state index contributed by atoms with van der Waals surface area (Å²) in [5.41, 5.74) is 0.105. The van der Waals surface area contributed by atoms with Crippen molar-refractivity contribution in [1.29, 1.82) is 0 Å². The Morgan fingerprint density at radius 1 is 0.875 bits per heavy atom. The number of hydrogen-bond donors (Lipinski definition) is 3. The minimum Gasteiger partial charge on any atom is -0.379 e. The van der Waals surface area contributed by atoms with Gasteiger partial charge in [-0.1, -0.05) is 19.3 Å². The Balaban J connectivity index is 1.05. The summed E-state index contributed by atoms with van der Waals surface area (Å²) in [5.74, 6) is 2.47. The quantitative estimate of drug-likeness (QED) is 0.562. The summed E-state index contributed by atoms with van der Waals surface area (Å²) in [6.07, 6.45) is 14.0. The molecule has 0 aromatic rings. The summed E-state index contributed by atoms with van der Waals surface area (Å²) in [5, 5.41) is 9.49. The van der Waals surface area contributed by atoms with Gasteiger partial charge in [0.25, 0.3) is 0 Å². The molecule has 6 fully saturated rings. The normalized spacial score (nSPS) is 35.9. The maximum Gasteiger partial charge on any atom is 0.315 e. The van der Waals surface area contributed by atoms with E-state index in [-0.39, 0.29) is 23.0 Å². The lowest BCUT2D eigenvalue weighted by Crippen LogP contribution is -2.61. The van der Waals surface area contributed by atoms with E-state index in [1.807, 2.05) is 0 Å². The van der Waals surface area contributed by atoms with Crippen LogP contribution < -0.4 is 16.0 Å². The van der Waals surface area contributed by atoms with Gasteiger partial charge >= 0.3 is 6.03 Å². The monoisotopic (exact) mass is 446 g/mol. The molecule has 5 saturated carbocycles. The average molecular weight is 447 g/mol. The molecule has 1 aliphatic heterocycles. The molecule has 0 atom stereocenters. The van der Waals surface area contributed by atoms with Crippen LogP contribution in [-0.4, -0.2) is 67.3 Å². The van der Waals surface area contributed by atoms with Gasteiger partial charge in [-0.05, 0) is 69.1 Å². The Kier molecular flexibility index (Phi) is 6.66. The molecule has 0 aromatic heterocycles. The average Bonchev–Trinajstić information content (AvgIpc) is 2.78. The van der Waals surface area contributed by atoms with Gasteiger partial charge in [0.15, 0.2) is 0 Å². The fourth-order valence-electron chi connectivity index (χ4n) is 8.04. The summed E-state index contributed by atoms with van der Waals surface area (Å²) in [4.78, 5) is 27.7. The SMILES string of the molecule is O=C(CCNC(=O)NC12CC3CC(CC(C3)C1)C2)NCC1(N2CCOCC2)CCCCC1. The van der Waals surface area contributed by atoms with Crippen molar-refractivity contribution >= 4 is 11.9 Å². The molecule has 4 bridgehead atoms. The Hall–Kier alpha value is -1.34. The van der Waals surface area contributed by atoms with Crippen molar-refractivity contribution in [2.24, 2.45) is 17.8 Å². The smallest absolute Gasteiger partial charge is 0.315 e. The number of nitrogens with one attached hydrogen (secondary N) is 3. The molecule has 0 aromatic carbocycles. The lowest BCUT2D eigenvalue weighted by molar-refractivity contribution is -0.122. The predicted octanol–water partition coefficient (Wildman–Crippen LogP) is 2.80. The van der Waals surface area contributed by atoms with Crippen molar-refractivity contribution in [2.75, 3.05) is 39.4 Å². The highest BCUT2D eigenvalue weighted by Crippen LogP contribution is 2.55. The van der Waals surface area contributed by atoms with Crippen LogP contribution in [0.2, 0.25) is 0 Å². The molecule has 6 rings (SSSR count). The van der Waals surface area contributed by atoms with E-state index in [4.69, 9.17) is 4.74 Å². The van der Waals surface area contributed by atoms with Gasteiger partial charge in [0.05, 0.1) is 13.2 Å². The molecular weight excluding hydrogens is 404 g/mol. The second-order valence-corrected chi connectivity index (χ2v) is 11.5. The second-order valence-electron chi connectivity index (χ2n) is 11.5. The van der Waals surface area contributed by atoms with Crippen LogP contribution in [0.1, 0.15) is 77.0 Å². The van der Waals surface area contributed by atoms with Crippen LogP contribution in [0.3, 0.4) is 0 Å². The second kappa shape index (κ2) is 9.49. The minimum absolute atomic E-state index is 0.0204. The zero-order chi connectivity index (χ0) is 22.0. The standard InChI is InChI=1S/C25H42N4O3/c30-22(27-18-25(5-2-1-3-6-25)29-8-10-32-11-9-29)4-7-26-23(31)28-24-15-19-12-20(16-24)14-21(13-19)17-24/h19-21H,1-18H2,(H,27,30)(H2,26,28,31). The van der Waals surface area contributed by atoms with E-state index in [1.165, 1.54) is 38.5 Å². The summed E-state index contributed by atoms with van der Waals surface area (Å²) in [6.45, 7) is 4.61. The Morgan fingerprint density at radius 3 is 2.12 bits per heavy atom. The third-order valence-electron chi connectivity index (χ3n) is 9.14. The Labute approximate surface area is 192 Å².